The van der Waals surface area contributed by atoms with E-state index in [0.29, 0.717) is 11.8 Å². The van der Waals surface area contributed by atoms with Crippen LogP contribution >= 0.6 is 0 Å². The van der Waals surface area contributed by atoms with Crippen LogP contribution in [-0.2, 0) is 6.54 Å². The zero-order valence-corrected chi connectivity index (χ0v) is 15.1. The number of aliphatic hydroxyl groups excluding tert-OH is 1. The SMILES string of the molecule is O[C@@H]1C[C@H]2CN(Cc3nc4ccccc4[nH]3)C[C@H]2C[C@H]1Nc1cnccn1. The molecule has 2 fully saturated rings. The summed E-state index contributed by atoms with van der Waals surface area (Å²) < 4.78 is 0. The summed E-state index contributed by atoms with van der Waals surface area (Å²) >= 11 is 0. The molecule has 1 aliphatic carbocycles. The Hall–Kier alpha value is -2.51. The third-order valence-corrected chi connectivity index (χ3v) is 5.93. The fraction of sp³-hybridized carbons (Fsp3) is 0.450. The summed E-state index contributed by atoms with van der Waals surface area (Å²) in [6, 6.07) is 8.19. The van der Waals surface area contributed by atoms with E-state index in [9.17, 15) is 5.11 Å². The summed E-state index contributed by atoms with van der Waals surface area (Å²) in [5, 5.41) is 14.0. The van der Waals surface area contributed by atoms with E-state index in [2.05, 4.69) is 31.2 Å². The summed E-state index contributed by atoms with van der Waals surface area (Å²) in [5.74, 6) is 2.89. The number of aromatic amines is 1. The minimum absolute atomic E-state index is 0.0362. The molecule has 3 N–H and O–H groups in total. The molecule has 1 saturated carbocycles. The van der Waals surface area contributed by atoms with Crippen LogP contribution in [0.5, 0.6) is 0 Å². The van der Waals surface area contributed by atoms with Crippen LogP contribution in [0.25, 0.3) is 11.0 Å². The Morgan fingerprint density at radius 3 is 2.81 bits per heavy atom. The highest BCUT2D eigenvalue weighted by atomic mass is 16.3. The molecule has 0 amide bonds. The minimum Gasteiger partial charge on any atom is -0.391 e. The summed E-state index contributed by atoms with van der Waals surface area (Å²) in [7, 11) is 0. The van der Waals surface area contributed by atoms with E-state index < -0.39 is 0 Å². The lowest BCUT2D eigenvalue weighted by Crippen LogP contribution is -2.43. The second-order valence-corrected chi connectivity index (χ2v) is 7.80. The lowest BCUT2D eigenvalue weighted by atomic mass is 9.77. The monoisotopic (exact) mass is 364 g/mol. The summed E-state index contributed by atoms with van der Waals surface area (Å²) in [5.41, 5.74) is 2.11. The average Bonchev–Trinajstić information content (AvgIpc) is 3.25. The summed E-state index contributed by atoms with van der Waals surface area (Å²) in [4.78, 5) is 19.0. The fourth-order valence-electron chi connectivity index (χ4n) is 4.67. The molecule has 2 aromatic heterocycles. The van der Waals surface area contributed by atoms with Gasteiger partial charge >= 0.3 is 0 Å². The molecule has 3 heterocycles. The minimum atomic E-state index is -0.348. The lowest BCUT2D eigenvalue weighted by Gasteiger charge is -2.35. The van der Waals surface area contributed by atoms with Crippen molar-refractivity contribution in [3.8, 4) is 0 Å². The Morgan fingerprint density at radius 2 is 2.00 bits per heavy atom. The van der Waals surface area contributed by atoms with E-state index >= 15 is 0 Å². The van der Waals surface area contributed by atoms with Gasteiger partial charge in [0.2, 0.25) is 0 Å². The van der Waals surface area contributed by atoms with Crippen LogP contribution < -0.4 is 5.32 Å². The number of fused-ring (bicyclic) bond motifs is 2. The molecule has 7 nitrogen and oxygen atoms in total. The number of para-hydroxylation sites is 2. The van der Waals surface area contributed by atoms with Crippen molar-refractivity contribution >= 4 is 16.9 Å². The van der Waals surface area contributed by atoms with Gasteiger partial charge in [-0.2, -0.15) is 0 Å². The van der Waals surface area contributed by atoms with E-state index in [1.54, 1.807) is 18.6 Å². The molecular formula is C20H24N6O. The number of anilines is 1. The first kappa shape index (κ1) is 16.6. The highest BCUT2D eigenvalue weighted by molar-refractivity contribution is 5.74. The van der Waals surface area contributed by atoms with Gasteiger partial charge in [-0.1, -0.05) is 12.1 Å². The number of hydrogen-bond acceptors (Lipinski definition) is 6. The Labute approximate surface area is 157 Å². The van der Waals surface area contributed by atoms with Gasteiger partial charge in [0, 0.05) is 25.5 Å². The quantitative estimate of drug-likeness (QED) is 0.656. The topological polar surface area (TPSA) is 90.0 Å². The largest absolute Gasteiger partial charge is 0.391 e. The number of imidazole rings is 1. The maximum absolute atomic E-state index is 10.6. The van der Waals surface area contributed by atoms with Crippen molar-refractivity contribution in [1.29, 1.82) is 0 Å². The molecule has 3 aromatic rings. The van der Waals surface area contributed by atoms with E-state index in [-0.39, 0.29) is 12.1 Å². The molecule has 1 aromatic carbocycles. The number of nitrogens with zero attached hydrogens (tertiary/aromatic N) is 4. The van der Waals surface area contributed by atoms with Crippen molar-refractivity contribution in [2.24, 2.45) is 11.8 Å². The molecule has 27 heavy (non-hydrogen) atoms. The van der Waals surface area contributed by atoms with Crippen molar-refractivity contribution in [3.63, 3.8) is 0 Å². The first-order valence-electron chi connectivity index (χ1n) is 9.61. The Bertz CT molecular complexity index is 880. The molecular weight excluding hydrogens is 340 g/mol. The summed E-state index contributed by atoms with van der Waals surface area (Å²) in [6.45, 7) is 2.91. The number of benzene rings is 1. The van der Waals surface area contributed by atoms with Crippen LogP contribution in [0.1, 0.15) is 18.7 Å². The number of hydrogen-bond donors (Lipinski definition) is 3. The second-order valence-electron chi connectivity index (χ2n) is 7.80. The lowest BCUT2D eigenvalue weighted by molar-refractivity contribution is 0.0735. The number of aromatic nitrogens is 4. The molecule has 1 aliphatic heterocycles. The van der Waals surface area contributed by atoms with Crippen molar-refractivity contribution in [3.05, 3.63) is 48.7 Å². The molecule has 0 spiro atoms. The maximum Gasteiger partial charge on any atom is 0.144 e. The number of rotatable bonds is 4. The first-order chi connectivity index (χ1) is 13.2. The summed E-state index contributed by atoms with van der Waals surface area (Å²) in [6.07, 6.45) is 6.48. The van der Waals surface area contributed by atoms with Crippen LogP contribution in [0, 0.1) is 11.8 Å². The molecule has 0 radical (unpaired) electrons. The van der Waals surface area contributed by atoms with Gasteiger partial charge in [0.15, 0.2) is 0 Å². The molecule has 1 saturated heterocycles. The van der Waals surface area contributed by atoms with Crippen molar-refractivity contribution < 1.29 is 5.11 Å². The number of likely N-dealkylation sites (tertiary alicyclic amines) is 1. The highest BCUT2D eigenvalue weighted by Crippen LogP contribution is 2.37. The second kappa shape index (κ2) is 6.90. The zero-order chi connectivity index (χ0) is 18.2. The molecule has 4 atom stereocenters. The smallest absolute Gasteiger partial charge is 0.144 e. The van der Waals surface area contributed by atoms with Crippen LogP contribution in [-0.4, -0.2) is 55.2 Å². The number of nitrogens with one attached hydrogen (secondary N) is 2. The molecule has 140 valence electrons. The third kappa shape index (κ3) is 3.40. The van der Waals surface area contributed by atoms with E-state index in [4.69, 9.17) is 4.98 Å². The fourth-order valence-corrected chi connectivity index (χ4v) is 4.67. The van der Waals surface area contributed by atoms with Crippen LogP contribution in [0.3, 0.4) is 0 Å². The predicted octanol–water partition coefficient (Wildman–Crippen LogP) is 2.04. The Kier molecular flexibility index (Phi) is 4.26. The molecule has 0 unspecified atom stereocenters. The van der Waals surface area contributed by atoms with Crippen LogP contribution in [0.2, 0.25) is 0 Å². The standard InChI is InChI=1S/C20H24N6O/c27-18-8-14-11-26(12-20-23-15-3-1-2-4-16(15)24-20)10-13(14)7-17(18)25-19-9-21-5-6-22-19/h1-6,9,13-14,17-18,27H,7-8,10-12H2,(H,22,25)(H,23,24)/t13-,14+,17-,18-/m1/s1. The van der Waals surface area contributed by atoms with E-state index in [1.165, 1.54) is 0 Å². The molecule has 2 aliphatic rings. The number of aliphatic hydroxyl groups is 1. The third-order valence-electron chi connectivity index (χ3n) is 5.93. The van der Waals surface area contributed by atoms with Crippen molar-refractivity contribution in [2.75, 3.05) is 18.4 Å². The first-order valence-corrected chi connectivity index (χ1v) is 9.61. The molecule has 7 heteroatoms. The maximum atomic E-state index is 10.6. The Morgan fingerprint density at radius 1 is 1.15 bits per heavy atom. The van der Waals surface area contributed by atoms with Crippen LogP contribution in [0.4, 0.5) is 5.82 Å². The normalized spacial score (nSPS) is 28.3. The Balaban J connectivity index is 1.24. The highest BCUT2D eigenvalue weighted by Gasteiger charge is 2.41. The van der Waals surface area contributed by atoms with Gasteiger partial charge in [0.25, 0.3) is 0 Å². The van der Waals surface area contributed by atoms with Gasteiger partial charge in [-0.25, -0.2) is 9.97 Å². The van der Waals surface area contributed by atoms with Gasteiger partial charge in [0.05, 0.1) is 35.9 Å². The van der Waals surface area contributed by atoms with E-state index in [1.807, 2.05) is 18.2 Å². The zero-order valence-electron chi connectivity index (χ0n) is 15.1. The van der Waals surface area contributed by atoms with Gasteiger partial charge in [-0.15, -0.1) is 0 Å². The number of H-pyrrole nitrogens is 1. The van der Waals surface area contributed by atoms with Crippen molar-refractivity contribution in [1.82, 2.24) is 24.8 Å². The van der Waals surface area contributed by atoms with Gasteiger partial charge in [-0.3, -0.25) is 9.88 Å². The van der Waals surface area contributed by atoms with E-state index in [0.717, 1.165) is 55.2 Å². The average molecular weight is 364 g/mol. The van der Waals surface area contributed by atoms with Gasteiger partial charge in [0.1, 0.15) is 11.6 Å². The van der Waals surface area contributed by atoms with Gasteiger partial charge in [-0.05, 0) is 36.8 Å². The van der Waals surface area contributed by atoms with Crippen molar-refractivity contribution in [2.45, 2.75) is 31.5 Å². The predicted molar refractivity (Wildman–Crippen MR) is 103 cm³/mol. The van der Waals surface area contributed by atoms with Gasteiger partial charge < -0.3 is 15.4 Å². The molecule has 5 rings (SSSR count). The van der Waals surface area contributed by atoms with Crippen LogP contribution in [0.15, 0.2) is 42.9 Å². The molecule has 0 bridgehead atoms.